The molecule has 0 unspecified atom stereocenters. The minimum atomic E-state index is -1.30. The van der Waals surface area contributed by atoms with Gasteiger partial charge in [0.15, 0.2) is 0 Å². The Morgan fingerprint density at radius 3 is 1.35 bits per heavy atom. The number of hydrogen-bond donors (Lipinski definition) is 2. The number of fused-ring (bicyclic) bond motifs is 2. The van der Waals surface area contributed by atoms with Crippen LogP contribution in [-0.4, -0.2) is 0 Å². The second kappa shape index (κ2) is 3.86. The predicted molar refractivity (Wildman–Crippen MR) is 76.4 cm³/mol. The Hall–Kier alpha value is -2.76. The molecule has 1 heterocycles. The number of hydrogen-bond acceptors (Lipinski definition) is 6. The minimum Gasteiger partial charge on any atom is -0.349 e. The highest BCUT2D eigenvalue weighted by Gasteiger charge is 2.24. The van der Waals surface area contributed by atoms with Crippen molar-refractivity contribution in [1.82, 2.24) is 0 Å². The van der Waals surface area contributed by atoms with Crippen LogP contribution in [0, 0.1) is 13.8 Å². The SMILES string of the molecule is Cc1cc2c(cc1C)Nc1c(c(=O)c(=O)c(=O)c1=O)N2. The van der Waals surface area contributed by atoms with E-state index in [1.165, 1.54) is 0 Å². The molecule has 0 bridgehead atoms. The van der Waals surface area contributed by atoms with Crippen LogP contribution in [0.4, 0.5) is 22.7 Å². The highest BCUT2D eigenvalue weighted by atomic mass is 16.2. The van der Waals surface area contributed by atoms with Crippen molar-refractivity contribution in [3.63, 3.8) is 0 Å². The standard InChI is InChI=1S/C14H10N2O4/c1-5-3-7-8(4-6(5)2)16-10-9(15-7)11(17)13(19)14(20)12(10)18/h3-4,15-16H,1-2H3. The van der Waals surface area contributed by atoms with Gasteiger partial charge in [0, 0.05) is 0 Å². The van der Waals surface area contributed by atoms with Gasteiger partial charge in [-0.3, -0.25) is 19.2 Å². The molecule has 6 nitrogen and oxygen atoms in total. The third-order valence-electron chi connectivity index (χ3n) is 3.48. The Bertz CT molecular complexity index is 875. The summed E-state index contributed by atoms with van der Waals surface area (Å²) in [5.41, 5.74) is -1.69. The van der Waals surface area contributed by atoms with Crippen LogP contribution in [0.25, 0.3) is 0 Å². The molecule has 6 heteroatoms. The fourth-order valence-electron chi connectivity index (χ4n) is 2.19. The van der Waals surface area contributed by atoms with Gasteiger partial charge in [0.1, 0.15) is 11.4 Å². The Morgan fingerprint density at radius 2 is 1.00 bits per heavy atom. The van der Waals surface area contributed by atoms with Crippen LogP contribution < -0.4 is 32.3 Å². The van der Waals surface area contributed by atoms with E-state index in [0.29, 0.717) is 11.4 Å². The Kier molecular flexibility index (Phi) is 2.37. The molecule has 0 atom stereocenters. The van der Waals surface area contributed by atoms with Gasteiger partial charge in [-0.25, -0.2) is 0 Å². The van der Waals surface area contributed by atoms with E-state index in [1.807, 2.05) is 13.8 Å². The zero-order valence-corrected chi connectivity index (χ0v) is 10.8. The van der Waals surface area contributed by atoms with Gasteiger partial charge in [-0.15, -0.1) is 0 Å². The first-order valence-electron chi connectivity index (χ1n) is 5.97. The van der Waals surface area contributed by atoms with Crippen LogP contribution in [0.1, 0.15) is 11.1 Å². The molecule has 0 amide bonds. The number of rotatable bonds is 0. The van der Waals surface area contributed by atoms with E-state index in [9.17, 15) is 19.2 Å². The van der Waals surface area contributed by atoms with Gasteiger partial charge < -0.3 is 10.6 Å². The van der Waals surface area contributed by atoms with Crippen molar-refractivity contribution in [2.24, 2.45) is 0 Å². The molecule has 2 aromatic carbocycles. The van der Waals surface area contributed by atoms with Crippen molar-refractivity contribution in [1.29, 1.82) is 0 Å². The lowest BCUT2D eigenvalue weighted by atomic mass is 10.0. The summed E-state index contributed by atoms with van der Waals surface area (Å²) in [6.45, 7) is 3.81. The largest absolute Gasteiger partial charge is 0.349 e. The maximum Gasteiger partial charge on any atom is 0.279 e. The van der Waals surface area contributed by atoms with E-state index in [1.54, 1.807) is 12.1 Å². The van der Waals surface area contributed by atoms with E-state index in [-0.39, 0.29) is 11.4 Å². The van der Waals surface area contributed by atoms with Crippen molar-refractivity contribution < 1.29 is 0 Å². The first-order chi connectivity index (χ1) is 9.40. The zero-order valence-electron chi connectivity index (χ0n) is 10.8. The Labute approximate surface area is 112 Å². The predicted octanol–water partition coefficient (Wildman–Crippen LogP) is 0.420. The molecular weight excluding hydrogens is 260 g/mol. The third-order valence-corrected chi connectivity index (χ3v) is 3.48. The van der Waals surface area contributed by atoms with Gasteiger partial charge in [0.25, 0.3) is 21.7 Å². The fourth-order valence-corrected chi connectivity index (χ4v) is 2.19. The average molecular weight is 270 g/mol. The maximum absolute atomic E-state index is 11.8. The third kappa shape index (κ3) is 1.51. The molecule has 0 saturated heterocycles. The van der Waals surface area contributed by atoms with Crippen LogP contribution in [0.2, 0.25) is 0 Å². The van der Waals surface area contributed by atoms with Gasteiger partial charge in [-0.05, 0) is 37.1 Å². The molecule has 100 valence electrons. The second-order valence-corrected chi connectivity index (χ2v) is 4.80. The Balaban J connectivity index is 2.34. The van der Waals surface area contributed by atoms with Crippen LogP contribution in [0.5, 0.6) is 0 Å². The van der Waals surface area contributed by atoms with Crippen LogP contribution >= 0.6 is 0 Å². The monoisotopic (exact) mass is 270 g/mol. The zero-order chi connectivity index (χ0) is 14.6. The van der Waals surface area contributed by atoms with Crippen molar-refractivity contribution in [2.75, 3.05) is 10.6 Å². The molecule has 0 aliphatic carbocycles. The highest BCUT2D eigenvalue weighted by Crippen LogP contribution is 2.35. The number of anilines is 4. The smallest absolute Gasteiger partial charge is 0.279 e. The van der Waals surface area contributed by atoms with Crippen molar-refractivity contribution in [3.8, 4) is 0 Å². The summed E-state index contributed by atoms with van der Waals surface area (Å²) in [5, 5.41) is 5.54. The second-order valence-electron chi connectivity index (χ2n) is 4.80. The summed E-state index contributed by atoms with van der Waals surface area (Å²) in [7, 11) is 0. The van der Waals surface area contributed by atoms with E-state index >= 15 is 0 Å². The Morgan fingerprint density at radius 1 is 0.650 bits per heavy atom. The molecule has 0 spiro atoms. The van der Waals surface area contributed by atoms with E-state index in [4.69, 9.17) is 0 Å². The average Bonchev–Trinajstić information content (AvgIpc) is 2.43. The first-order valence-corrected chi connectivity index (χ1v) is 5.97. The molecule has 2 N–H and O–H groups in total. The molecule has 20 heavy (non-hydrogen) atoms. The molecule has 0 aromatic heterocycles. The number of aryl methyl sites for hydroxylation is 2. The van der Waals surface area contributed by atoms with Gasteiger partial charge in [-0.2, -0.15) is 0 Å². The highest BCUT2D eigenvalue weighted by molar-refractivity contribution is 5.90. The first kappa shape index (κ1) is 12.3. The lowest BCUT2D eigenvalue weighted by Gasteiger charge is -2.22. The summed E-state index contributed by atoms with van der Waals surface area (Å²) in [6.07, 6.45) is 0. The quantitative estimate of drug-likeness (QED) is 0.575. The van der Waals surface area contributed by atoms with Crippen molar-refractivity contribution >= 4 is 22.7 Å². The summed E-state index contributed by atoms with van der Waals surface area (Å²) >= 11 is 0. The molecule has 0 fully saturated rings. The summed E-state index contributed by atoms with van der Waals surface area (Å²) in [4.78, 5) is 46.4. The van der Waals surface area contributed by atoms with E-state index in [0.717, 1.165) is 11.1 Å². The van der Waals surface area contributed by atoms with Crippen LogP contribution in [-0.2, 0) is 0 Å². The topological polar surface area (TPSA) is 92.3 Å². The van der Waals surface area contributed by atoms with E-state index < -0.39 is 21.7 Å². The van der Waals surface area contributed by atoms with Gasteiger partial charge >= 0.3 is 0 Å². The normalized spacial score (nSPS) is 12.1. The lowest BCUT2D eigenvalue weighted by molar-refractivity contribution is 1.27. The van der Waals surface area contributed by atoms with Crippen molar-refractivity contribution in [3.05, 3.63) is 64.2 Å². The summed E-state index contributed by atoms with van der Waals surface area (Å²) in [6, 6.07) is 3.61. The molecule has 3 rings (SSSR count). The molecule has 0 radical (unpaired) electrons. The maximum atomic E-state index is 11.8. The molecular formula is C14H10N2O4. The number of benzene rings is 2. The van der Waals surface area contributed by atoms with Crippen molar-refractivity contribution in [2.45, 2.75) is 13.8 Å². The lowest BCUT2D eigenvalue weighted by Crippen LogP contribution is -2.48. The van der Waals surface area contributed by atoms with Gasteiger partial charge in [0.05, 0.1) is 11.4 Å². The summed E-state index contributed by atoms with van der Waals surface area (Å²) in [5.74, 6) is 0. The van der Waals surface area contributed by atoms with Gasteiger partial charge in [0.2, 0.25) is 0 Å². The minimum absolute atomic E-state index is 0.157. The van der Waals surface area contributed by atoms with Gasteiger partial charge in [-0.1, -0.05) is 0 Å². The molecule has 2 aromatic rings. The molecule has 1 aliphatic heterocycles. The summed E-state index contributed by atoms with van der Waals surface area (Å²) < 4.78 is 0. The van der Waals surface area contributed by atoms with Crippen LogP contribution in [0.3, 0.4) is 0 Å². The van der Waals surface area contributed by atoms with Crippen LogP contribution in [0.15, 0.2) is 31.3 Å². The molecule has 0 saturated carbocycles. The number of nitrogens with one attached hydrogen (secondary N) is 2. The molecule has 1 aliphatic rings. The van der Waals surface area contributed by atoms with E-state index in [2.05, 4.69) is 10.6 Å². The fraction of sp³-hybridized carbons (Fsp3) is 0.143.